The predicted octanol–water partition coefficient (Wildman–Crippen LogP) is 2.93. The summed E-state index contributed by atoms with van der Waals surface area (Å²) in [6, 6.07) is 13.0. The van der Waals surface area contributed by atoms with Crippen LogP contribution in [0.3, 0.4) is 0 Å². The number of hydrogen-bond donors (Lipinski definition) is 1. The SMILES string of the molecule is C[C@H](c1ccccc1F)[S@@](=O)Cc1ccc(C(N)=O)cc1. The van der Waals surface area contributed by atoms with Crippen LogP contribution in [-0.4, -0.2) is 10.1 Å². The summed E-state index contributed by atoms with van der Waals surface area (Å²) in [6.45, 7) is 1.74. The molecule has 3 nitrogen and oxygen atoms in total. The second-order valence-corrected chi connectivity index (χ2v) is 6.51. The smallest absolute Gasteiger partial charge is 0.248 e. The van der Waals surface area contributed by atoms with Crippen LogP contribution in [0.15, 0.2) is 48.5 Å². The van der Waals surface area contributed by atoms with Crippen LogP contribution in [0.2, 0.25) is 0 Å². The normalized spacial score (nSPS) is 13.6. The molecule has 0 aromatic heterocycles. The zero-order valence-corrected chi connectivity index (χ0v) is 12.4. The number of carbonyl (C=O) groups is 1. The lowest BCUT2D eigenvalue weighted by Gasteiger charge is -2.13. The summed E-state index contributed by atoms with van der Waals surface area (Å²) in [6.07, 6.45) is 0. The highest BCUT2D eigenvalue weighted by molar-refractivity contribution is 7.84. The lowest BCUT2D eigenvalue weighted by molar-refractivity contribution is 0.100. The molecule has 2 aromatic carbocycles. The molecule has 0 radical (unpaired) electrons. The van der Waals surface area contributed by atoms with Gasteiger partial charge < -0.3 is 5.73 Å². The van der Waals surface area contributed by atoms with Crippen molar-refractivity contribution < 1.29 is 13.4 Å². The first-order valence-electron chi connectivity index (χ1n) is 6.49. The Bertz CT molecular complexity index is 670. The molecule has 0 unspecified atom stereocenters. The highest BCUT2D eigenvalue weighted by atomic mass is 32.2. The average molecular weight is 305 g/mol. The minimum atomic E-state index is -1.25. The monoisotopic (exact) mass is 305 g/mol. The molecule has 0 saturated carbocycles. The Morgan fingerprint density at radius 1 is 1.19 bits per heavy atom. The van der Waals surface area contributed by atoms with Crippen LogP contribution >= 0.6 is 0 Å². The van der Waals surface area contributed by atoms with Crippen LogP contribution in [0.4, 0.5) is 4.39 Å². The van der Waals surface area contributed by atoms with E-state index < -0.39 is 22.0 Å². The van der Waals surface area contributed by atoms with E-state index >= 15 is 0 Å². The van der Waals surface area contributed by atoms with Gasteiger partial charge in [0.05, 0.1) is 5.25 Å². The van der Waals surface area contributed by atoms with E-state index in [2.05, 4.69) is 0 Å². The molecule has 110 valence electrons. The summed E-state index contributed by atoms with van der Waals surface area (Å²) in [4.78, 5) is 11.0. The Labute approximate surface area is 125 Å². The van der Waals surface area contributed by atoms with E-state index in [1.54, 1.807) is 49.4 Å². The van der Waals surface area contributed by atoms with Crippen LogP contribution in [0, 0.1) is 5.82 Å². The largest absolute Gasteiger partial charge is 0.366 e. The molecular formula is C16H16FNO2S. The van der Waals surface area contributed by atoms with Gasteiger partial charge in [0.1, 0.15) is 5.82 Å². The third-order valence-corrected chi connectivity index (χ3v) is 4.95. The highest BCUT2D eigenvalue weighted by Crippen LogP contribution is 2.24. The number of halogens is 1. The minimum absolute atomic E-state index is 0.300. The number of rotatable bonds is 5. The van der Waals surface area contributed by atoms with Crippen molar-refractivity contribution in [2.75, 3.05) is 0 Å². The van der Waals surface area contributed by atoms with Crippen molar-refractivity contribution in [3.63, 3.8) is 0 Å². The van der Waals surface area contributed by atoms with Crippen molar-refractivity contribution in [3.05, 3.63) is 71.0 Å². The van der Waals surface area contributed by atoms with Gasteiger partial charge in [-0.15, -0.1) is 0 Å². The van der Waals surface area contributed by atoms with Crippen molar-refractivity contribution in [2.45, 2.75) is 17.9 Å². The van der Waals surface area contributed by atoms with E-state index in [0.29, 0.717) is 16.9 Å². The quantitative estimate of drug-likeness (QED) is 0.923. The number of carbonyl (C=O) groups excluding carboxylic acids is 1. The zero-order valence-electron chi connectivity index (χ0n) is 11.6. The molecule has 0 heterocycles. The Morgan fingerprint density at radius 3 is 2.38 bits per heavy atom. The van der Waals surface area contributed by atoms with Gasteiger partial charge in [-0.3, -0.25) is 9.00 Å². The summed E-state index contributed by atoms with van der Waals surface area (Å²) >= 11 is 0. The summed E-state index contributed by atoms with van der Waals surface area (Å²) in [7, 11) is -1.25. The molecule has 0 aliphatic rings. The van der Waals surface area contributed by atoms with Crippen molar-refractivity contribution >= 4 is 16.7 Å². The van der Waals surface area contributed by atoms with Crippen LogP contribution in [-0.2, 0) is 16.6 Å². The van der Waals surface area contributed by atoms with Gasteiger partial charge in [0.2, 0.25) is 5.91 Å². The molecule has 21 heavy (non-hydrogen) atoms. The number of primary amides is 1. The van der Waals surface area contributed by atoms with Gasteiger partial charge in [-0.05, 0) is 30.7 Å². The summed E-state index contributed by atoms with van der Waals surface area (Å²) in [5.74, 6) is -0.543. The van der Waals surface area contributed by atoms with Crippen LogP contribution in [0.5, 0.6) is 0 Å². The van der Waals surface area contributed by atoms with E-state index in [9.17, 15) is 13.4 Å². The number of nitrogens with two attached hydrogens (primary N) is 1. The maximum absolute atomic E-state index is 13.7. The first kappa shape index (κ1) is 15.4. The van der Waals surface area contributed by atoms with Crippen LogP contribution < -0.4 is 5.73 Å². The first-order valence-corrected chi connectivity index (χ1v) is 7.87. The Morgan fingerprint density at radius 2 is 1.81 bits per heavy atom. The van der Waals surface area contributed by atoms with Gasteiger partial charge in [-0.2, -0.15) is 0 Å². The molecule has 0 bridgehead atoms. The number of amides is 1. The lowest BCUT2D eigenvalue weighted by Crippen LogP contribution is -2.11. The molecule has 0 aliphatic heterocycles. The standard InChI is InChI=1S/C16H16FNO2S/c1-11(14-4-2-3-5-15(14)17)21(20)10-12-6-8-13(9-7-12)16(18)19/h2-9,11H,10H2,1H3,(H2,18,19)/t11-,21+/m1/s1. The van der Waals surface area contributed by atoms with Gasteiger partial charge in [0, 0.05) is 27.7 Å². The lowest BCUT2D eigenvalue weighted by atomic mass is 10.1. The fraction of sp³-hybridized carbons (Fsp3) is 0.188. The van der Waals surface area contributed by atoms with E-state index in [1.807, 2.05) is 0 Å². The molecule has 0 spiro atoms. The molecule has 2 rings (SSSR count). The van der Waals surface area contributed by atoms with E-state index in [0.717, 1.165) is 5.56 Å². The highest BCUT2D eigenvalue weighted by Gasteiger charge is 2.17. The Balaban J connectivity index is 2.11. The third kappa shape index (κ3) is 3.76. The number of benzene rings is 2. The van der Waals surface area contributed by atoms with Gasteiger partial charge >= 0.3 is 0 Å². The summed E-state index contributed by atoms with van der Waals surface area (Å²) < 4.78 is 26.0. The summed E-state index contributed by atoms with van der Waals surface area (Å²) in [5, 5.41) is -0.401. The van der Waals surface area contributed by atoms with Gasteiger partial charge in [-0.1, -0.05) is 30.3 Å². The van der Waals surface area contributed by atoms with E-state index in [1.165, 1.54) is 6.07 Å². The Hall–Kier alpha value is -2.01. The molecular weight excluding hydrogens is 289 g/mol. The van der Waals surface area contributed by atoms with Gasteiger partial charge in [-0.25, -0.2) is 4.39 Å². The molecule has 0 fully saturated rings. The maximum atomic E-state index is 13.7. The Kier molecular flexibility index (Phi) is 4.85. The fourth-order valence-corrected chi connectivity index (χ4v) is 3.25. The van der Waals surface area contributed by atoms with E-state index in [-0.39, 0.29) is 5.82 Å². The maximum Gasteiger partial charge on any atom is 0.248 e. The molecule has 0 aliphatic carbocycles. The van der Waals surface area contributed by atoms with Gasteiger partial charge in [0.15, 0.2) is 0 Å². The molecule has 1 amide bonds. The average Bonchev–Trinajstić information content (AvgIpc) is 2.47. The fourth-order valence-electron chi connectivity index (χ4n) is 2.00. The molecule has 2 atom stereocenters. The molecule has 2 aromatic rings. The van der Waals surface area contributed by atoms with Crippen LogP contribution in [0.25, 0.3) is 0 Å². The minimum Gasteiger partial charge on any atom is -0.366 e. The third-order valence-electron chi connectivity index (χ3n) is 3.28. The predicted molar refractivity (Wildman–Crippen MR) is 81.6 cm³/mol. The second kappa shape index (κ2) is 6.63. The molecule has 2 N–H and O–H groups in total. The van der Waals surface area contributed by atoms with Crippen molar-refractivity contribution in [2.24, 2.45) is 5.73 Å². The topological polar surface area (TPSA) is 60.2 Å². The zero-order chi connectivity index (χ0) is 15.4. The van der Waals surface area contributed by atoms with Gasteiger partial charge in [0.25, 0.3) is 0 Å². The van der Waals surface area contributed by atoms with E-state index in [4.69, 9.17) is 5.73 Å². The number of hydrogen-bond acceptors (Lipinski definition) is 2. The molecule has 5 heteroatoms. The molecule has 0 saturated heterocycles. The van der Waals surface area contributed by atoms with Crippen molar-refractivity contribution in [1.82, 2.24) is 0 Å². The first-order chi connectivity index (χ1) is 9.99. The van der Waals surface area contributed by atoms with Crippen LogP contribution in [0.1, 0.15) is 33.7 Å². The second-order valence-electron chi connectivity index (χ2n) is 4.75. The summed E-state index contributed by atoms with van der Waals surface area (Å²) in [5.41, 5.74) is 6.84. The van der Waals surface area contributed by atoms with Crippen molar-refractivity contribution in [1.29, 1.82) is 0 Å². The van der Waals surface area contributed by atoms with Crippen molar-refractivity contribution in [3.8, 4) is 0 Å².